The van der Waals surface area contributed by atoms with Gasteiger partial charge in [-0.1, -0.05) is 26.2 Å². The average molecular weight is 376 g/mol. The molecule has 0 aliphatic heterocycles. The topological polar surface area (TPSA) is 70.7 Å². The molecule has 0 radical (unpaired) electrons. The third kappa shape index (κ3) is 6.86. The molecule has 1 atom stereocenters. The second-order valence-corrected chi connectivity index (χ2v) is 7.26. The molecule has 27 heavy (non-hydrogen) atoms. The van der Waals surface area contributed by atoms with Crippen molar-refractivity contribution in [3.05, 3.63) is 24.3 Å². The van der Waals surface area contributed by atoms with Gasteiger partial charge in [0.25, 0.3) is 0 Å². The summed E-state index contributed by atoms with van der Waals surface area (Å²) in [6, 6.07) is 6.87. The average Bonchev–Trinajstić information content (AvgIpc) is 2.71. The maximum atomic E-state index is 12.5. The van der Waals surface area contributed by atoms with Crippen LogP contribution in [0.25, 0.3) is 0 Å². The van der Waals surface area contributed by atoms with Crippen LogP contribution in [0.1, 0.15) is 46.0 Å². The van der Waals surface area contributed by atoms with Gasteiger partial charge >= 0.3 is 0 Å². The summed E-state index contributed by atoms with van der Waals surface area (Å²) in [5.74, 6) is 1.21. The molecule has 0 spiro atoms. The quantitative estimate of drug-likeness (QED) is 0.696. The summed E-state index contributed by atoms with van der Waals surface area (Å²) in [6.45, 7) is 5.39. The largest absolute Gasteiger partial charge is 0.497 e. The summed E-state index contributed by atoms with van der Waals surface area (Å²) in [7, 11) is 1.60. The van der Waals surface area contributed by atoms with E-state index in [0.29, 0.717) is 18.2 Å². The van der Waals surface area contributed by atoms with Gasteiger partial charge in [0.1, 0.15) is 5.75 Å². The second kappa shape index (κ2) is 10.9. The zero-order valence-electron chi connectivity index (χ0n) is 16.8. The summed E-state index contributed by atoms with van der Waals surface area (Å²) < 4.78 is 5.12. The van der Waals surface area contributed by atoms with Crippen LogP contribution in [-0.4, -0.2) is 49.5 Å². The van der Waals surface area contributed by atoms with Gasteiger partial charge in [-0.25, -0.2) is 0 Å². The number of rotatable bonds is 9. The zero-order valence-corrected chi connectivity index (χ0v) is 16.8. The Balaban J connectivity index is 1.80. The van der Waals surface area contributed by atoms with E-state index < -0.39 is 0 Å². The Hall–Kier alpha value is -2.08. The fourth-order valence-corrected chi connectivity index (χ4v) is 3.53. The van der Waals surface area contributed by atoms with E-state index in [1.807, 2.05) is 18.7 Å². The van der Waals surface area contributed by atoms with Crippen LogP contribution in [0, 0.1) is 5.92 Å². The van der Waals surface area contributed by atoms with Gasteiger partial charge < -0.3 is 15.4 Å². The van der Waals surface area contributed by atoms with Crippen LogP contribution in [0.3, 0.4) is 0 Å². The minimum absolute atomic E-state index is 0.000305. The fraction of sp³-hybridized carbons (Fsp3) is 0.619. The highest BCUT2D eigenvalue weighted by Crippen LogP contribution is 2.22. The lowest BCUT2D eigenvalue weighted by atomic mass is 9.89. The molecule has 0 heterocycles. The lowest BCUT2D eigenvalue weighted by Crippen LogP contribution is -2.48. The van der Waals surface area contributed by atoms with E-state index in [9.17, 15) is 9.59 Å². The first-order chi connectivity index (χ1) is 13.0. The molecule has 0 bridgehead atoms. The van der Waals surface area contributed by atoms with Crippen molar-refractivity contribution in [1.29, 1.82) is 0 Å². The van der Waals surface area contributed by atoms with E-state index >= 15 is 0 Å². The summed E-state index contributed by atoms with van der Waals surface area (Å²) in [5.41, 5.74) is 0.714. The van der Waals surface area contributed by atoms with Gasteiger partial charge in [0.2, 0.25) is 11.8 Å². The summed E-state index contributed by atoms with van der Waals surface area (Å²) in [4.78, 5) is 26.7. The number of carbonyl (C=O) groups excluding carboxylic acids is 2. The van der Waals surface area contributed by atoms with Crippen molar-refractivity contribution in [2.75, 3.05) is 32.1 Å². The standard InChI is InChI=1S/C21H33N3O3/c1-4-24(15-20(25)23-18-10-12-19(27-3)13-11-18)16(2)21(26)22-14-17-8-6-5-7-9-17/h10-13,16-17H,4-9,14-15H2,1-3H3,(H,22,26)(H,23,25)/t16-/m0/s1. The van der Waals surface area contributed by atoms with Crippen molar-refractivity contribution in [2.24, 2.45) is 5.92 Å². The van der Waals surface area contributed by atoms with Gasteiger partial charge in [0.05, 0.1) is 19.7 Å². The van der Waals surface area contributed by atoms with Crippen LogP contribution in [-0.2, 0) is 9.59 Å². The molecule has 150 valence electrons. The number of nitrogens with one attached hydrogen (secondary N) is 2. The maximum Gasteiger partial charge on any atom is 0.238 e. The van der Waals surface area contributed by atoms with E-state index in [4.69, 9.17) is 4.74 Å². The van der Waals surface area contributed by atoms with E-state index in [1.165, 1.54) is 32.1 Å². The van der Waals surface area contributed by atoms with Crippen LogP contribution in [0.15, 0.2) is 24.3 Å². The van der Waals surface area contributed by atoms with E-state index in [-0.39, 0.29) is 24.4 Å². The van der Waals surface area contributed by atoms with Crippen molar-refractivity contribution in [3.63, 3.8) is 0 Å². The summed E-state index contributed by atoms with van der Waals surface area (Å²) in [5, 5.41) is 5.94. The normalized spacial score (nSPS) is 16.0. The Labute approximate surface area is 162 Å². The van der Waals surface area contributed by atoms with Gasteiger partial charge in [0.15, 0.2) is 0 Å². The van der Waals surface area contributed by atoms with Crippen LogP contribution >= 0.6 is 0 Å². The summed E-state index contributed by atoms with van der Waals surface area (Å²) >= 11 is 0. The first-order valence-corrected chi connectivity index (χ1v) is 9.99. The van der Waals surface area contributed by atoms with Crippen LogP contribution in [0.2, 0.25) is 0 Å². The predicted octanol–water partition coefficient (Wildman–Crippen LogP) is 3.04. The predicted molar refractivity (Wildman–Crippen MR) is 108 cm³/mol. The first-order valence-electron chi connectivity index (χ1n) is 9.99. The Kier molecular flexibility index (Phi) is 8.58. The van der Waals surface area contributed by atoms with Crippen molar-refractivity contribution >= 4 is 17.5 Å². The van der Waals surface area contributed by atoms with E-state index in [2.05, 4.69) is 10.6 Å². The molecule has 1 aliphatic carbocycles. The SMILES string of the molecule is CCN(CC(=O)Nc1ccc(OC)cc1)[C@@H](C)C(=O)NCC1CCCCC1. The number of anilines is 1. The molecule has 1 saturated carbocycles. The number of hydrogen-bond donors (Lipinski definition) is 2. The number of ether oxygens (including phenoxy) is 1. The minimum Gasteiger partial charge on any atom is -0.497 e. The number of carbonyl (C=O) groups is 2. The smallest absolute Gasteiger partial charge is 0.238 e. The molecular formula is C21H33N3O3. The molecule has 6 heteroatoms. The first kappa shape index (κ1) is 21.2. The molecule has 2 N–H and O–H groups in total. The molecule has 1 aliphatic rings. The number of hydrogen-bond acceptors (Lipinski definition) is 4. The Morgan fingerprint density at radius 1 is 1.19 bits per heavy atom. The molecule has 0 saturated heterocycles. The number of likely N-dealkylation sites (N-methyl/N-ethyl adjacent to an activating group) is 1. The second-order valence-electron chi connectivity index (χ2n) is 7.26. The van der Waals surface area contributed by atoms with Crippen molar-refractivity contribution in [2.45, 2.75) is 52.0 Å². The number of nitrogens with zero attached hydrogens (tertiary/aromatic N) is 1. The zero-order chi connectivity index (χ0) is 19.6. The molecular weight excluding hydrogens is 342 g/mol. The lowest BCUT2D eigenvalue weighted by Gasteiger charge is -2.28. The Morgan fingerprint density at radius 2 is 1.85 bits per heavy atom. The van der Waals surface area contributed by atoms with E-state index in [0.717, 1.165) is 12.3 Å². The summed E-state index contributed by atoms with van der Waals surface area (Å²) in [6.07, 6.45) is 6.26. The molecule has 2 rings (SSSR count). The van der Waals surface area contributed by atoms with Gasteiger partial charge in [-0.05, 0) is 56.5 Å². The maximum absolute atomic E-state index is 12.5. The van der Waals surface area contributed by atoms with Gasteiger partial charge in [-0.15, -0.1) is 0 Å². The van der Waals surface area contributed by atoms with Crippen LogP contribution in [0.5, 0.6) is 5.75 Å². The van der Waals surface area contributed by atoms with Gasteiger partial charge in [-0.3, -0.25) is 14.5 Å². The number of amides is 2. The Bertz CT molecular complexity index is 597. The van der Waals surface area contributed by atoms with Crippen molar-refractivity contribution < 1.29 is 14.3 Å². The van der Waals surface area contributed by atoms with Gasteiger partial charge in [-0.2, -0.15) is 0 Å². The monoisotopic (exact) mass is 375 g/mol. The fourth-order valence-electron chi connectivity index (χ4n) is 3.53. The number of methoxy groups -OCH3 is 1. The molecule has 0 unspecified atom stereocenters. The molecule has 1 aromatic rings. The van der Waals surface area contributed by atoms with Crippen LogP contribution < -0.4 is 15.4 Å². The molecule has 0 aromatic heterocycles. The highest BCUT2D eigenvalue weighted by molar-refractivity contribution is 5.92. The molecule has 2 amide bonds. The number of benzene rings is 1. The molecule has 6 nitrogen and oxygen atoms in total. The van der Waals surface area contributed by atoms with Crippen LogP contribution in [0.4, 0.5) is 5.69 Å². The minimum atomic E-state index is -0.333. The Morgan fingerprint density at radius 3 is 2.44 bits per heavy atom. The highest BCUT2D eigenvalue weighted by atomic mass is 16.5. The van der Waals surface area contributed by atoms with Crippen molar-refractivity contribution in [1.82, 2.24) is 10.2 Å². The third-order valence-electron chi connectivity index (χ3n) is 5.34. The van der Waals surface area contributed by atoms with Crippen molar-refractivity contribution in [3.8, 4) is 5.75 Å². The molecule has 1 fully saturated rings. The van der Waals surface area contributed by atoms with E-state index in [1.54, 1.807) is 31.4 Å². The highest BCUT2D eigenvalue weighted by Gasteiger charge is 2.23. The molecule has 1 aromatic carbocycles. The lowest BCUT2D eigenvalue weighted by molar-refractivity contribution is -0.127. The van der Waals surface area contributed by atoms with Gasteiger partial charge in [0, 0.05) is 12.2 Å². The third-order valence-corrected chi connectivity index (χ3v) is 5.34.